The van der Waals surface area contributed by atoms with E-state index in [1.165, 1.54) is 18.5 Å². The van der Waals surface area contributed by atoms with Crippen molar-refractivity contribution in [3.63, 3.8) is 0 Å². The van der Waals surface area contributed by atoms with Crippen LogP contribution in [-0.4, -0.2) is 45.5 Å². The van der Waals surface area contributed by atoms with Gasteiger partial charge in [-0.2, -0.15) is 13.2 Å². The average Bonchev–Trinajstić information content (AvgIpc) is 2.59. The highest BCUT2D eigenvalue weighted by Crippen LogP contribution is 2.33. The number of rotatable bonds is 4. The summed E-state index contributed by atoms with van der Waals surface area (Å²) in [6, 6.07) is 3.99. The first-order valence-corrected chi connectivity index (χ1v) is 8.45. The van der Waals surface area contributed by atoms with Crippen LogP contribution < -0.4 is 9.64 Å². The van der Waals surface area contributed by atoms with E-state index in [-0.39, 0.29) is 17.9 Å². The molecule has 0 radical (unpaired) electrons. The Labute approximate surface area is 154 Å². The Kier molecular flexibility index (Phi) is 5.52. The van der Waals surface area contributed by atoms with E-state index in [9.17, 15) is 23.4 Å². The van der Waals surface area contributed by atoms with Gasteiger partial charge in [0.15, 0.2) is 5.75 Å². The largest absolute Gasteiger partial charge is 0.486 e. The second-order valence-electron chi connectivity index (χ2n) is 6.55. The van der Waals surface area contributed by atoms with Crippen molar-refractivity contribution in [3.8, 4) is 5.75 Å². The maximum Gasteiger partial charge on any atom is 0.416 e. The first kappa shape index (κ1) is 19.4. The van der Waals surface area contributed by atoms with Crippen molar-refractivity contribution in [2.24, 2.45) is 0 Å². The lowest BCUT2D eigenvalue weighted by Crippen LogP contribution is -2.46. The van der Waals surface area contributed by atoms with Crippen LogP contribution in [0, 0.1) is 6.92 Å². The molecule has 0 spiro atoms. The van der Waals surface area contributed by atoms with Crippen molar-refractivity contribution in [2.75, 3.05) is 18.0 Å². The fourth-order valence-corrected chi connectivity index (χ4v) is 3.07. The first-order chi connectivity index (χ1) is 12.7. The highest BCUT2D eigenvalue weighted by atomic mass is 19.4. The molecule has 9 heteroatoms. The van der Waals surface area contributed by atoms with Crippen molar-refractivity contribution in [1.82, 2.24) is 9.97 Å². The second kappa shape index (κ2) is 7.69. The van der Waals surface area contributed by atoms with E-state index in [1.54, 1.807) is 17.9 Å². The Morgan fingerprint density at radius 3 is 2.37 bits per heavy atom. The summed E-state index contributed by atoms with van der Waals surface area (Å²) in [6.07, 6.45) is -2.77. The lowest BCUT2D eigenvalue weighted by molar-refractivity contribution is -0.138. The highest BCUT2D eigenvalue weighted by Gasteiger charge is 2.33. The van der Waals surface area contributed by atoms with Gasteiger partial charge < -0.3 is 19.8 Å². The van der Waals surface area contributed by atoms with Gasteiger partial charge in [-0.3, -0.25) is 0 Å². The van der Waals surface area contributed by atoms with Crippen LogP contribution in [0.1, 0.15) is 23.1 Å². The van der Waals surface area contributed by atoms with E-state index in [2.05, 4.69) is 9.97 Å². The van der Waals surface area contributed by atoms with Gasteiger partial charge in [0.2, 0.25) is 5.95 Å². The van der Waals surface area contributed by atoms with Crippen molar-refractivity contribution in [1.29, 1.82) is 0 Å². The number of hydrogen-bond donors (Lipinski definition) is 2. The third-order valence-electron chi connectivity index (χ3n) is 4.40. The zero-order valence-electron chi connectivity index (χ0n) is 14.6. The molecule has 1 aromatic heterocycles. The van der Waals surface area contributed by atoms with Crippen molar-refractivity contribution >= 4 is 5.95 Å². The first-order valence-electron chi connectivity index (χ1n) is 8.45. The smallest absolute Gasteiger partial charge is 0.416 e. The predicted octanol–water partition coefficient (Wildman–Crippen LogP) is 2.31. The number of halogens is 3. The Hall–Kier alpha value is -2.39. The Bertz CT molecular complexity index is 774. The summed E-state index contributed by atoms with van der Waals surface area (Å²) in [5.41, 5.74) is -0.175. The van der Waals surface area contributed by atoms with Crippen LogP contribution in [0.2, 0.25) is 0 Å². The molecule has 0 unspecified atom stereocenters. The number of alkyl halides is 3. The van der Waals surface area contributed by atoms with E-state index < -0.39 is 23.9 Å². The lowest BCUT2D eigenvalue weighted by atomic mass is 10.0. The van der Waals surface area contributed by atoms with Gasteiger partial charge in [0.1, 0.15) is 6.61 Å². The number of aryl methyl sites for hydroxylation is 1. The molecule has 1 saturated heterocycles. The van der Waals surface area contributed by atoms with Gasteiger partial charge in [0.05, 0.1) is 30.2 Å². The number of hydrogen-bond acceptors (Lipinski definition) is 6. The molecule has 2 heterocycles. The maximum atomic E-state index is 13.1. The van der Waals surface area contributed by atoms with Crippen LogP contribution in [0.5, 0.6) is 5.75 Å². The van der Waals surface area contributed by atoms with Gasteiger partial charge in [-0.15, -0.1) is 0 Å². The molecule has 0 bridgehead atoms. The Morgan fingerprint density at radius 1 is 1.15 bits per heavy atom. The summed E-state index contributed by atoms with van der Waals surface area (Å²) < 4.78 is 44.9. The molecule has 1 aromatic carbocycles. The topological polar surface area (TPSA) is 78.7 Å². The normalized spacial score (nSPS) is 20.6. The van der Waals surface area contributed by atoms with E-state index in [0.717, 1.165) is 6.07 Å². The predicted molar refractivity (Wildman–Crippen MR) is 91.4 cm³/mol. The van der Waals surface area contributed by atoms with Crippen molar-refractivity contribution < 1.29 is 28.1 Å². The molecule has 2 atom stereocenters. The summed E-state index contributed by atoms with van der Waals surface area (Å²) in [6.45, 7) is 1.94. The van der Waals surface area contributed by atoms with Crippen LogP contribution >= 0.6 is 0 Å². The van der Waals surface area contributed by atoms with Gasteiger partial charge in [-0.05, 0) is 18.6 Å². The van der Waals surface area contributed by atoms with Crippen LogP contribution in [0.4, 0.5) is 19.1 Å². The Balaban J connectivity index is 1.70. The zero-order valence-corrected chi connectivity index (χ0v) is 14.6. The number of β-amino-alcohol motifs (C(OH)–C–C–N with tert-alkyl or cyclic N) is 2. The zero-order chi connectivity index (χ0) is 19.6. The van der Waals surface area contributed by atoms with Crippen LogP contribution in [0.15, 0.2) is 30.6 Å². The molecular weight excluding hydrogens is 363 g/mol. The summed E-state index contributed by atoms with van der Waals surface area (Å²) in [5, 5.41) is 19.4. The van der Waals surface area contributed by atoms with E-state index in [1.807, 2.05) is 0 Å². The van der Waals surface area contributed by atoms with Crippen LogP contribution in [-0.2, 0) is 12.8 Å². The fraction of sp³-hybridized carbons (Fsp3) is 0.444. The molecule has 1 aliphatic rings. The van der Waals surface area contributed by atoms with Crippen LogP contribution in [0.3, 0.4) is 0 Å². The minimum absolute atomic E-state index is 0.0661. The van der Waals surface area contributed by atoms with Gasteiger partial charge >= 0.3 is 6.18 Å². The number of nitrogens with zero attached hydrogens (tertiary/aromatic N) is 3. The standard InChI is InChI=1S/C18H20F3N3O3/c1-11-3-2-4-16(18(19,20)21)15(11)10-27-14-6-22-17(23-7-14)24-8-12(25)5-13(26)9-24/h2-4,6-7,12-13,25-26H,5,8-10H2,1H3/t12-,13+. The molecule has 2 N–H and O–H groups in total. The molecule has 2 aromatic rings. The number of aromatic nitrogens is 2. The van der Waals surface area contributed by atoms with E-state index in [0.29, 0.717) is 31.0 Å². The molecule has 146 valence electrons. The molecule has 0 aliphatic carbocycles. The maximum absolute atomic E-state index is 13.1. The average molecular weight is 383 g/mol. The molecule has 1 fully saturated rings. The number of aliphatic hydroxyl groups excluding tert-OH is 2. The fourth-order valence-electron chi connectivity index (χ4n) is 3.07. The molecule has 0 saturated carbocycles. The van der Waals surface area contributed by atoms with Gasteiger partial charge in [0.25, 0.3) is 0 Å². The van der Waals surface area contributed by atoms with E-state index in [4.69, 9.17) is 4.74 Å². The number of piperidine rings is 1. The quantitative estimate of drug-likeness (QED) is 0.844. The monoisotopic (exact) mass is 383 g/mol. The summed E-state index contributed by atoms with van der Waals surface area (Å²) in [7, 11) is 0. The van der Waals surface area contributed by atoms with E-state index >= 15 is 0 Å². The second-order valence-corrected chi connectivity index (χ2v) is 6.55. The summed E-state index contributed by atoms with van der Waals surface area (Å²) >= 11 is 0. The van der Waals surface area contributed by atoms with Crippen molar-refractivity contribution in [2.45, 2.75) is 38.3 Å². The third-order valence-corrected chi connectivity index (χ3v) is 4.40. The lowest BCUT2D eigenvalue weighted by Gasteiger charge is -2.33. The highest BCUT2D eigenvalue weighted by molar-refractivity contribution is 5.37. The number of anilines is 1. The molecule has 27 heavy (non-hydrogen) atoms. The minimum Gasteiger partial charge on any atom is -0.486 e. The SMILES string of the molecule is Cc1cccc(C(F)(F)F)c1COc1cnc(N2C[C@H](O)C[C@H](O)C2)nc1. The molecule has 0 amide bonds. The third kappa shape index (κ3) is 4.67. The summed E-state index contributed by atoms with van der Waals surface area (Å²) in [4.78, 5) is 9.89. The van der Waals surface area contributed by atoms with Crippen LogP contribution in [0.25, 0.3) is 0 Å². The number of ether oxygens (including phenoxy) is 1. The summed E-state index contributed by atoms with van der Waals surface area (Å²) in [5.74, 6) is 0.542. The molecule has 6 nitrogen and oxygen atoms in total. The Morgan fingerprint density at radius 2 is 1.78 bits per heavy atom. The van der Waals surface area contributed by atoms with Gasteiger partial charge in [-0.25, -0.2) is 9.97 Å². The van der Waals surface area contributed by atoms with Gasteiger partial charge in [-0.1, -0.05) is 12.1 Å². The molecular formula is C18H20F3N3O3. The molecule has 1 aliphatic heterocycles. The number of aliphatic hydroxyl groups is 2. The molecule has 3 rings (SSSR count). The van der Waals surface area contributed by atoms with Crippen molar-refractivity contribution in [3.05, 3.63) is 47.3 Å². The van der Waals surface area contributed by atoms with Gasteiger partial charge in [0, 0.05) is 25.1 Å². The number of benzene rings is 1. The minimum atomic E-state index is -4.46.